The molecule has 0 fully saturated rings. The van der Waals surface area contributed by atoms with Crippen molar-refractivity contribution in [1.82, 2.24) is 0 Å². The zero-order valence-corrected chi connectivity index (χ0v) is 23.2. The van der Waals surface area contributed by atoms with E-state index in [9.17, 15) is 26.5 Å². The second kappa shape index (κ2) is 11.0. The Morgan fingerprint density at radius 2 is 1.57 bits per heavy atom. The first-order chi connectivity index (χ1) is 18.9. The smallest absolute Gasteiger partial charge is 0.296 e. The van der Waals surface area contributed by atoms with E-state index in [1.165, 1.54) is 49.6 Å². The third kappa shape index (κ3) is 5.78. The molecule has 0 radical (unpaired) electrons. The van der Waals surface area contributed by atoms with Crippen LogP contribution >= 0.6 is 0 Å². The van der Waals surface area contributed by atoms with Crippen LogP contribution in [0.2, 0.25) is 0 Å². The Kier molecular flexibility index (Phi) is 7.86. The Balaban J connectivity index is 1.72. The maximum atomic E-state index is 12.1. The number of fused-ring (bicyclic) bond motifs is 1. The molecule has 14 heteroatoms. The molecule has 12 nitrogen and oxygen atoms in total. The van der Waals surface area contributed by atoms with Gasteiger partial charge in [0.1, 0.15) is 22.0 Å². The van der Waals surface area contributed by atoms with Gasteiger partial charge in [0.05, 0.1) is 29.1 Å². The standard InChI is InChI=1S/C26H25N5O7S2/c1-4-39(33,34)18-10-8-17(9-11-18)28-29-20-14-22(38-3)21(12-15(20)2)30-31-25-23(40(35,36)37)13-16-6-5-7-19(27)24(16)26(25)32/h5-14,32H,4,27H2,1-3H3,(H,35,36,37). The number of sulfone groups is 1. The van der Waals surface area contributed by atoms with Crippen LogP contribution in [0.1, 0.15) is 12.5 Å². The molecular formula is C26H25N5O7S2. The molecule has 208 valence electrons. The molecule has 0 saturated carbocycles. The lowest BCUT2D eigenvalue weighted by atomic mass is 10.1. The van der Waals surface area contributed by atoms with E-state index >= 15 is 0 Å². The van der Waals surface area contributed by atoms with Gasteiger partial charge < -0.3 is 15.6 Å². The summed E-state index contributed by atoms with van der Waals surface area (Å²) in [5.74, 6) is -0.367. The van der Waals surface area contributed by atoms with Crippen molar-refractivity contribution in [3.05, 3.63) is 66.2 Å². The van der Waals surface area contributed by atoms with Crippen LogP contribution < -0.4 is 10.5 Å². The number of hydrogen-bond donors (Lipinski definition) is 3. The van der Waals surface area contributed by atoms with Gasteiger partial charge in [-0.1, -0.05) is 19.1 Å². The largest absolute Gasteiger partial charge is 0.505 e. The molecule has 4 aromatic rings. The van der Waals surface area contributed by atoms with Crippen molar-refractivity contribution in [1.29, 1.82) is 0 Å². The summed E-state index contributed by atoms with van der Waals surface area (Å²) in [7, 11) is -6.74. The summed E-state index contributed by atoms with van der Waals surface area (Å²) in [4.78, 5) is -0.454. The number of nitrogens with zero attached hydrogens (tertiary/aromatic N) is 4. The van der Waals surface area contributed by atoms with Crippen LogP contribution in [-0.4, -0.2) is 39.4 Å². The van der Waals surface area contributed by atoms with Crippen molar-refractivity contribution >= 4 is 59.2 Å². The van der Waals surface area contributed by atoms with Gasteiger partial charge in [0.25, 0.3) is 10.1 Å². The van der Waals surface area contributed by atoms with Crippen molar-refractivity contribution in [2.75, 3.05) is 18.6 Å². The normalized spacial score (nSPS) is 12.5. The lowest BCUT2D eigenvalue weighted by Gasteiger charge is -2.11. The summed E-state index contributed by atoms with van der Waals surface area (Å²) >= 11 is 0. The number of azo groups is 2. The van der Waals surface area contributed by atoms with Gasteiger partial charge in [0.15, 0.2) is 15.6 Å². The minimum Gasteiger partial charge on any atom is -0.505 e. The second-order valence-corrected chi connectivity index (χ2v) is 12.3. The van der Waals surface area contributed by atoms with Crippen LogP contribution in [-0.2, 0) is 20.0 Å². The summed E-state index contributed by atoms with van der Waals surface area (Å²) in [5, 5.41) is 27.7. The second-order valence-electron chi connectivity index (χ2n) is 8.60. The maximum absolute atomic E-state index is 12.1. The van der Waals surface area contributed by atoms with Crippen molar-refractivity contribution in [3.63, 3.8) is 0 Å². The number of anilines is 1. The minimum absolute atomic E-state index is 0.0117. The van der Waals surface area contributed by atoms with Crippen LogP contribution in [0.25, 0.3) is 10.8 Å². The average Bonchev–Trinajstić information content (AvgIpc) is 2.91. The summed E-state index contributed by atoms with van der Waals surface area (Å²) in [6, 6.07) is 14.9. The molecule has 0 aromatic heterocycles. The Morgan fingerprint density at radius 1 is 0.900 bits per heavy atom. The quantitative estimate of drug-likeness (QED) is 0.122. The van der Waals surface area contributed by atoms with Crippen LogP contribution in [0.15, 0.2) is 90.9 Å². The molecule has 40 heavy (non-hydrogen) atoms. The van der Waals surface area contributed by atoms with Gasteiger partial charge in [-0.25, -0.2) is 8.42 Å². The Labute approximate surface area is 230 Å². The maximum Gasteiger partial charge on any atom is 0.296 e. The fourth-order valence-electron chi connectivity index (χ4n) is 3.83. The molecule has 0 amide bonds. The molecule has 0 spiro atoms. The average molecular weight is 584 g/mol. The van der Waals surface area contributed by atoms with E-state index < -0.39 is 36.3 Å². The number of aryl methyl sites for hydroxylation is 1. The third-order valence-corrected chi connectivity index (χ3v) is 8.61. The molecule has 0 aliphatic carbocycles. The van der Waals surface area contributed by atoms with Gasteiger partial charge in [-0.05, 0) is 60.3 Å². The predicted octanol–water partition coefficient (Wildman–Crippen LogP) is 6.32. The van der Waals surface area contributed by atoms with Crippen LogP contribution in [0.3, 0.4) is 0 Å². The summed E-state index contributed by atoms with van der Waals surface area (Å²) in [6.07, 6.45) is 0. The van der Waals surface area contributed by atoms with Crippen molar-refractivity contribution in [3.8, 4) is 11.5 Å². The lowest BCUT2D eigenvalue weighted by molar-refractivity contribution is 0.416. The third-order valence-electron chi connectivity index (χ3n) is 5.99. The Morgan fingerprint density at radius 3 is 2.20 bits per heavy atom. The van der Waals surface area contributed by atoms with E-state index in [0.29, 0.717) is 16.9 Å². The molecule has 4 N–H and O–H groups in total. The number of ether oxygens (including phenoxy) is 1. The molecule has 0 aliphatic rings. The number of phenols is 1. The van der Waals surface area contributed by atoms with Gasteiger partial charge in [-0.3, -0.25) is 4.55 Å². The molecule has 0 unspecified atom stereocenters. The lowest BCUT2D eigenvalue weighted by Crippen LogP contribution is -2.02. The number of nitrogens with two attached hydrogens (primary N) is 1. The molecule has 0 saturated heterocycles. The van der Waals surface area contributed by atoms with E-state index in [1.54, 1.807) is 26.0 Å². The van der Waals surface area contributed by atoms with Crippen molar-refractivity contribution in [2.24, 2.45) is 20.5 Å². The van der Waals surface area contributed by atoms with E-state index in [0.717, 1.165) is 6.07 Å². The van der Waals surface area contributed by atoms with Crippen molar-refractivity contribution < 1.29 is 31.2 Å². The zero-order valence-electron chi connectivity index (χ0n) is 21.6. The molecule has 4 rings (SSSR count). The van der Waals surface area contributed by atoms with Gasteiger partial charge in [-0.2, -0.15) is 18.6 Å². The first-order valence-electron chi connectivity index (χ1n) is 11.7. The van der Waals surface area contributed by atoms with E-state index in [2.05, 4.69) is 20.5 Å². The number of nitrogen functional groups attached to an aromatic ring is 1. The minimum atomic E-state index is -4.79. The van der Waals surface area contributed by atoms with Crippen LogP contribution in [0.4, 0.5) is 28.4 Å². The van der Waals surface area contributed by atoms with E-state index in [-0.39, 0.29) is 38.5 Å². The highest BCUT2D eigenvalue weighted by molar-refractivity contribution is 7.91. The first-order valence-corrected chi connectivity index (χ1v) is 14.8. The number of methoxy groups -OCH3 is 1. The number of aromatic hydroxyl groups is 1. The number of hydrogen-bond acceptors (Lipinski definition) is 11. The predicted molar refractivity (Wildman–Crippen MR) is 150 cm³/mol. The Hall–Kier alpha value is -4.40. The number of rotatable bonds is 8. The first kappa shape index (κ1) is 28.6. The molecule has 0 bridgehead atoms. The molecule has 0 atom stereocenters. The van der Waals surface area contributed by atoms with Gasteiger partial charge in [-0.15, -0.1) is 10.2 Å². The summed E-state index contributed by atoms with van der Waals surface area (Å²) < 4.78 is 63.3. The van der Waals surface area contributed by atoms with Gasteiger partial charge >= 0.3 is 0 Å². The highest BCUT2D eigenvalue weighted by Crippen LogP contribution is 2.44. The highest BCUT2D eigenvalue weighted by atomic mass is 32.2. The van der Waals surface area contributed by atoms with E-state index in [4.69, 9.17) is 10.5 Å². The number of phenolic OH excluding ortho intramolecular Hbond substituents is 1. The SMILES string of the molecule is CCS(=O)(=O)c1ccc(N=Nc2cc(OC)c(N=Nc3c(S(=O)(=O)O)cc4cccc(N)c4c3O)cc2C)cc1. The monoisotopic (exact) mass is 583 g/mol. The molecule has 4 aromatic carbocycles. The van der Waals surface area contributed by atoms with Crippen LogP contribution in [0.5, 0.6) is 11.5 Å². The van der Waals surface area contributed by atoms with Gasteiger partial charge in [0, 0.05) is 17.1 Å². The molecular weight excluding hydrogens is 558 g/mol. The zero-order chi connectivity index (χ0) is 29.2. The fourth-order valence-corrected chi connectivity index (χ4v) is 5.38. The fraction of sp³-hybridized carbons (Fsp3) is 0.154. The van der Waals surface area contributed by atoms with E-state index in [1.807, 2.05) is 0 Å². The highest BCUT2D eigenvalue weighted by Gasteiger charge is 2.23. The molecule has 0 aliphatic heterocycles. The summed E-state index contributed by atoms with van der Waals surface area (Å²) in [5.41, 5.74) is 7.28. The van der Waals surface area contributed by atoms with Gasteiger partial charge in [0.2, 0.25) is 0 Å². The number of benzene rings is 4. The molecule has 0 heterocycles. The Bertz CT molecular complexity index is 1890. The van der Waals surface area contributed by atoms with Crippen LogP contribution in [0, 0.1) is 6.92 Å². The van der Waals surface area contributed by atoms with Crippen molar-refractivity contribution in [2.45, 2.75) is 23.6 Å². The topological polar surface area (TPSA) is 193 Å². The summed E-state index contributed by atoms with van der Waals surface area (Å²) in [6.45, 7) is 3.29.